The van der Waals surface area contributed by atoms with Gasteiger partial charge in [0.1, 0.15) is 11.9 Å². The van der Waals surface area contributed by atoms with E-state index in [1.165, 1.54) is 6.07 Å². The zero-order valence-corrected chi connectivity index (χ0v) is 9.97. The first-order valence-electron chi connectivity index (χ1n) is 5.87. The van der Waals surface area contributed by atoms with Gasteiger partial charge in [0, 0.05) is 6.07 Å². The van der Waals surface area contributed by atoms with E-state index in [9.17, 15) is 17.6 Å². The van der Waals surface area contributed by atoms with Crippen molar-refractivity contribution in [1.82, 2.24) is 5.32 Å². The summed E-state index contributed by atoms with van der Waals surface area (Å²) in [6, 6.07) is 3.09. The summed E-state index contributed by atoms with van der Waals surface area (Å²) in [6.07, 6.45) is -3.39. The Morgan fingerprint density at radius 1 is 1.16 bits per heavy atom. The minimum atomic E-state index is -4.90. The average Bonchev–Trinajstić information content (AvgIpc) is 2.33. The summed E-state index contributed by atoms with van der Waals surface area (Å²) in [5, 5.41) is 3.15. The first-order chi connectivity index (χ1) is 8.94. The molecule has 0 saturated carbocycles. The number of nitrogens with one attached hydrogen (secondary N) is 1. The molecule has 106 valence electrons. The molecule has 19 heavy (non-hydrogen) atoms. The Labute approximate surface area is 107 Å². The van der Waals surface area contributed by atoms with E-state index in [-0.39, 0.29) is 11.9 Å². The van der Waals surface area contributed by atoms with Crippen LogP contribution in [-0.2, 0) is 0 Å². The molecular formula is C12H13F4NO2. The van der Waals surface area contributed by atoms with Gasteiger partial charge < -0.3 is 14.8 Å². The number of piperidine rings is 1. The topological polar surface area (TPSA) is 30.5 Å². The third kappa shape index (κ3) is 4.27. The highest BCUT2D eigenvalue weighted by molar-refractivity contribution is 5.33. The van der Waals surface area contributed by atoms with Crippen molar-refractivity contribution < 1.29 is 27.0 Å². The fourth-order valence-corrected chi connectivity index (χ4v) is 1.87. The van der Waals surface area contributed by atoms with Crippen LogP contribution in [0.5, 0.6) is 11.5 Å². The van der Waals surface area contributed by atoms with Crippen LogP contribution in [0.25, 0.3) is 0 Å². The van der Waals surface area contributed by atoms with Gasteiger partial charge in [0.05, 0.1) is 0 Å². The monoisotopic (exact) mass is 279 g/mol. The van der Waals surface area contributed by atoms with E-state index in [2.05, 4.69) is 10.1 Å². The average molecular weight is 279 g/mol. The summed E-state index contributed by atoms with van der Waals surface area (Å²) in [5.74, 6) is -1.74. The van der Waals surface area contributed by atoms with Crippen molar-refractivity contribution in [1.29, 1.82) is 0 Å². The lowest BCUT2D eigenvalue weighted by molar-refractivity contribution is -0.275. The third-order valence-electron chi connectivity index (χ3n) is 2.72. The second kappa shape index (κ2) is 5.64. The molecule has 0 bridgehead atoms. The van der Waals surface area contributed by atoms with Crippen LogP contribution in [-0.4, -0.2) is 25.6 Å². The molecular weight excluding hydrogens is 266 g/mol. The lowest BCUT2D eigenvalue weighted by Gasteiger charge is -2.24. The molecule has 1 aromatic carbocycles. The molecule has 0 aromatic heterocycles. The van der Waals surface area contributed by atoms with Gasteiger partial charge in [0.25, 0.3) is 0 Å². The Hall–Kier alpha value is -1.50. The number of ether oxygens (including phenoxy) is 2. The summed E-state index contributed by atoms with van der Waals surface area (Å²) in [6.45, 7) is 1.62. The highest BCUT2D eigenvalue weighted by atomic mass is 19.4. The van der Waals surface area contributed by atoms with Crippen LogP contribution < -0.4 is 14.8 Å². The third-order valence-corrected chi connectivity index (χ3v) is 2.72. The van der Waals surface area contributed by atoms with Crippen LogP contribution in [0.3, 0.4) is 0 Å². The predicted molar refractivity (Wildman–Crippen MR) is 59.6 cm³/mol. The standard InChI is InChI=1S/C12H13F4NO2/c13-10-7-9(18-8-3-5-17-6-4-8)1-2-11(10)19-12(14,15)16/h1-2,7-8,17H,3-6H2. The Morgan fingerprint density at radius 2 is 1.84 bits per heavy atom. The Balaban J connectivity index is 2.01. The fourth-order valence-electron chi connectivity index (χ4n) is 1.87. The first kappa shape index (κ1) is 13.9. The van der Waals surface area contributed by atoms with E-state index in [4.69, 9.17) is 4.74 Å². The molecule has 0 unspecified atom stereocenters. The molecule has 0 aliphatic carbocycles. The quantitative estimate of drug-likeness (QED) is 0.863. The van der Waals surface area contributed by atoms with Gasteiger partial charge in [-0.25, -0.2) is 4.39 Å². The van der Waals surface area contributed by atoms with Crippen molar-refractivity contribution in [3.63, 3.8) is 0 Å². The van der Waals surface area contributed by atoms with Gasteiger partial charge in [-0.15, -0.1) is 13.2 Å². The molecule has 7 heteroatoms. The SMILES string of the molecule is Fc1cc(OC2CCNCC2)ccc1OC(F)(F)F. The zero-order chi connectivity index (χ0) is 13.9. The maximum atomic E-state index is 13.4. The molecule has 1 N–H and O–H groups in total. The molecule has 0 amide bonds. The van der Waals surface area contributed by atoms with Crippen molar-refractivity contribution in [2.45, 2.75) is 25.3 Å². The molecule has 0 spiro atoms. The van der Waals surface area contributed by atoms with Gasteiger partial charge in [-0.3, -0.25) is 0 Å². The molecule has 1 heterocycles. The maximum Gasteiger partial charge on any atom is 0.573 e. The number of alkyl halides is 3. The molecule has 3 nitrogen and oxygen atoms in total. The normalized spacial score (nSPS) is 17.3. The number of benzene rings is 1. The molecule has 1 aliphatic heterocycles. The van der Waals surface area contributed by atoms with Gasteiger partial charge in [0.2, 0.25) is 0 Å². The van der Waals surface area contributed by atoms with E-state index in [0.29, 0.717) is 0 Å². The Morgan fingerprint density at radius 3 is 2.42 bits per heavy atom. The van der Waals surface area contributed by atoms with Crippen LogP contribution in [0, 0.1) is 5.82 Å². The smallest absolute Gasteiger partial charge is 0.490 e. The number of rotatable bonds is 3. The Bertz CT molecular complexity index is 430. The second-order valence-corrected chi connectivity index (χ2v) is 4.21. The molecule has 1 aromatic rings. The van der Waals surface area contributed by atoms with Crippen molar-refractivity contribution >= 4 is 0 Å². The Kier molecular flexibility index (Phi) is 4.14. The fraction of sp³-hybridized carbons (Fsp3) is 0.500. The zero-order valence-electron chi connectivity index (χ0n) is 9.97. The number of hydrogen-bond acceptors (Lipinski definition) is 3. The highest BCUT2D eigenvalue weighted by Crippen LogP contribution is 2.29. The van der Waals surface area contributed by atoms with Gasteiger partial charge in [0.15, 0.2) is 11.6 Å². The lowest BCUT2D eigenvalue weighted by atomic mass is 10.1. The minimum Gasteiger partial charge on any atom is -0.490 e. The first-order valence-corrected chi connectivity index (χ1v) is 5.87. The summed E-state index contributed by atoms with van der Waals surface area (Å²) in [4.78, 5) is 0. The summed E-state index contributed by atoms with van der Waals surface area (Å²) < 4.78 is 58.4. The second-order valence-electron chi connectivity index (χ2n) is 4.21. The molecule has 1 fully saturated rings. The minimum absolute atomic E-state index is 0.0463. The predicted octanol–water partition coefficient (Wildman–Crippen LogP) is 2.86. The summed E-state index contributed by atoms with van der Waals surface area (Å²) in [7, 11) is 0. The van der Waals surface area contributed by atoms with Crippen LogP contribution in [0.1, 0.15) is 12.8 Å². The molecule has 1 saturated heterocycles. The van der Waals surface area contributed by atoms with Crippen LogP contribution in [0.2, 0.25) is 0 Å². The van der Waals surface area contributed by atoms with Crippen LogP contribution in [0.15, 0.2) is 18.2 Å². The van der Waals surface area contributed by atoms with Crippen molar-refractivity contribution in [3.05, 3.63) is 24.0 Å². The van der Waals surface area contributed by atoms with Gasteiger partial charge in [-0.05, 0) is 38.1 Å². The van der Waals surface area contributed by atoms with Gasteiger partial charge in [-0.1, -0.05) is 0 Å². The summed E-state index contributed by atoms with van der Waals surface area (Å²) in [5.41, 5.74) is 0. The van der Waals surface area contributed by atoms with E-state index < -0.39 is 17.9 Å². The van der Waals surface area contributed by atoms with E-state index in [0.717, 1.165) is 38.1 Å². The van der Waals surface area contributed by atoms with Crippen LogP contribution >= 0.6 is 0 Å². The van der Waals surface area contributed by atoms with Crippen molar-refractivity contribution in [2.75, 3.05) is 13.1 Å². The van der Waals surface area contributed by atoms with E-state index >= 15 is 0 Å². The van der Waals surface area contributed by atoms with E-state index in [1.807, 2.05) is 0 Å². The van der Waals surface area contributed by atoms with Crippen molar-refractivity contribution in [3.8, 4) is 11.5 Å². The lowest BCUT2D eigenvalue weighted by Crippen LogP contribution is -2.34. The molecule has 1 aliphatic rings. The highest BCUT2D eigenvalue weighted by Gasteiger charge is 2.32. The summed E-state index contributed by atoms with van der Waals surface area (Å²) >= 11 is 0. The largest absolute Gasteiger partial charge is 0.573 e. The van der Waals surface area contributed by atoms with Crippen LogP contribution in [0.4, 0.5) is 17.6 Å². The van der Waals surface area contributed by atoms with Crippen molar-refractivity contribution in [2.24, 2.45) is 0 Å². The molecule has 2 rings (SSSR count). The number of halogens is 4. The maximum absolute atomic E-state index is 13.4. The number of hydrogen-bond donors (Lipinski definition) is 1. The van der Waals surface area contributed by atoms with Gasteiger partial charge >= 0.3 is 6.36 Å². The van der Waals surface area contributed by atoms with E-state index in [1.54, 1.807) is 0 Å². The molecule has 0 radical (unpaired) electrons. The molecule has 0 atom stereocenters. The van der Waals surface area contributed by atoms with Gasteiger partial charge in [-0.2, -0.15) is 0 Å².